The molecule has 1 aliphatic carbocycles. The summed E-state index contributed by atoms with van der Waals surface area (Å²) in [6, 6.07) is 4.80. The van der Waals surface area contributed by atoms with Crippen molar-refractivity contribution in [2.75, 3.05) is 20.1 Å². The quantitative estimate of drug-likeness (QED) is 0.526. The second kappa shape index (κ2) is 8.89. The highest BCUT2D eigenvalue weighted by Gasteiger charge is 2.72. The van der Waals surface area contributed by atoms with Crippen molar-refractivity contribution in [3.63, 3.8) is 0 Å². The lowest BCUT2D eigenvalue weighted by atomic mass is 9.79. The van der Waals surface area contributed by atoms with Crippen molar-refractivity contribution in [1.29, 1.82) is 0 Å². The SMILES string of the molecule is CC(C)[C@H]1C(=O)N2CCC[C@H]2[C@]2(O)O[C@](NC(=O)C3C=C4c5cccc6[nH]cc(c56)C[C@H]4N(C)C3)(C(C)C)C(=O)N12. The minimum atomic E-state index is -2.01. The number of aliphatic hydroxyl groups is 1. The topological polar surface area (TPSA) is 118 Å². The second-order valence-corrected chi connectivity index (χ2v) is 13.1. The van der Waals surface area contributed by atoms with Crippen LogP contribution in [0.4, 0.5) is 0 Å². The third-order valence-corrected chi connectivity index (χ3v) is 10.1. The summed E-state index contributed by atoms with van der Waals surface area (Å²) in [5.41, 5.74) is 2.78. The van der Waals surface area contributed by atoms with Crippen LogP contribution in [0, 0.1) is 17.8 Å². The Bertz CT molecular complexity index is 1500. The molecular weight excluding hydrogens is 522 g/mol. The van der Waals surface area contributed by atoms with Crippen molar-refractivity contribution < 1.29 is 24.2 Å². The van der Waals surface area contributed by atoms with Crippen LogP contribution < -0.4 is 5.32 Å². The average Bonchev–Trinajstić information content (AvgIpc) is 3.64. The van der Waals surface area contributed by atoms with E-state index in [1.165, 1.54) is 15.8 Å². The summed E-state index contributed by atoms with van der Waals surface area (Å²) in [6.45, 7) is 8.32. The number of piperazine rings is 1. The van der Waals surface area contributed by atoms with Gasteiger partial charge in [-0.3, -0.25) is 28.9 Å². The molecule has 10 heteroatoms. The van der Waals surface area contributed by atoms with Gasteiger partial charge in [-0.15, -0.1) is 0 Å². The lowest BCUT2D eigenvalue weighted by molar-refractivity contribution is -0.323. The number of benzene rings is 1. The summed E-state index contributed by atoms with van der Waals surface area (Å²) in [4.78, 5) is 50.4. The van der Waals surface area contributed by atoms with E-state index in [9.17, 15) is 19.5 Å². The maximum atomic E-state index is 14.3. The predicted molar refractivity (Wildman–Crippen MR) is 152 cm³/mol. The van der Waals surface area contributed by atoms with Crippen LogP contribution >= 0.6 is 0 Å². The average molecular weight is 562 g/mol. The van der Waals surface area contributed by atoms with Gasteiger partial charge in [-0.1, -0.05) is 45.9 Å². The first-order valence-electron chi connectivity index (χ1n) is 14.9. The van der Waals surface area contributed by atoms with Crippen LogP contribution in [0.3, 0.4) is 0 Å². The first-order chi connectivity index (χ1) is 19.5. The van der Waals surface area contributed by atoms with Crippen LogP contribution in [-0.2, 0) is 25.5 Å². The minimum absolute atomic E-state index is 0.150. The number of rotatable bonds is 4. The molecule has 7 rings (SSSR count). The summed E-state index contributed by atoms with van der Waals surface area (Å²) in [5.74, 6) is -4.36. The molecule has 10 nitrogen and oxygen atoms in total. The molecule has 6 atom stereocenters. The number of ether oxygens (including phenoxy) is 1. The molecule has 0 spiro atoms. The van der Waals surface area contributed by atoms with Gasteiger partial charge in [-0.05, 0) is 55.0 Å². The molecule has 3 saturated heterocycles. The first-order valence-corrected chi connectivity index (χ1v) is 14.9. The van der Waals surface area contributed by atoms with E-state index in [2.05, 4.69) is 33.5 Å². The van der Waals surface area contributed by atoms with Crippen LogP contribution in [0.2, 0.25) is 0 Å². The number of likely N-dealkylation sites (N-methyl/N-ethyl adjacent to an activating group) is 1. The molecule has 41 heavy (non-hydrogen) atoms. The summed E-state index contributed by atoms with van der Waals surface area (Å²) >= 11 is 0. The summed E-state index contributed by atoms with van der Waals surface area (Å²) in [6.07, 6.45) is 6.21. The van der Waals surface area contributed by atoms with Gasteiger partial charge in [0.05, 0.1) is 5.92 Å². The van der Waals surface area contributed by atoms with E-state index in [4.69, 9.17) is 4.74 Å². The minimum Gasteiger partial charge on any atom is -0.361 e. The van der Waals surface area contributed by atoms with Gasteiger partial charge in [0.25, 0.3) is 11.8 Å². The Morgan fingerprint density at radius 3 is 2.73 bits per heavy atom. The van der Waals surface area contributed by atoms with Crippen molar-refractivity contribution in [1.82, 2.24) is 25.0 Å². The molecule has 5 aliphatic rings. The lowest BCUT2D eigenvalue weighted by Crippen LogP contribution is -2.72. The molecule has 218 valence electrons. The third kappa shape index (κ3) is 3.50. The van der Waals surface area contributed by atoms with Gasteiger partial charge in [-0.2, -0.15) is 0 Å². The molecule has 0 bridgehead atoms. The van der Waals surface area contributed by atoms with Crippen molar-refractivity contribution >= 4 is 34.2 Å². The maximum absolute atomic E-state index is 14.3. The number of hydrogen-bond donors (Lipinski definition) is 3. The van der Waals surface area contributed by atoms with E-state index < -0.39 is 41.5 Å². The Morgan fingerprint density at radius 1 is 1.22 bits per heavy atom. The molecule has 4 aliphatic heterocycles. The molecule has 5 heterocycles. The number of hydrogen-bond acceptors (Lipinski definition) is 6. The Labute approximate surface area is 239 Å². The van der Waals surface area contributed by atoms with Gasteiger partial charge in [0, 0.05) is 42.1 Å². The molecule has 3 N–H and O–H groups in total. The molecule has 1 aromatic carbocycles. The highest BCUT2D eigenvalue weighted by Crippen LogP contribution is 2.49. The molecule has 1 unspecified atom stereocenters. The number of aromatic nitrogens is 1. The highest BCUT2D eigenvalue weighted by atomic mass is 16.7. The van der Waals surface area contributed by atoms with Gasteiger partial charge in [0.2, 0.25) is 17.5 Å². The van der Waals surface area contributed by atoms with E-state index in [1.807, 2.05) is 33.0 Å². The van der Waals surface area contributed by atoms with Crippen molar-refractivity contribution in [2.24, 2.45) is 17.8 Å². The summed E-state index contributed by atoms with van der Waals surface area (Å²) in [5, 5.41) is 16.2. The van der Waals surface area contributed by atoms with E-state index in [-0.39, 0.29) is 23.8 Å². The lowest BCUT2D eigenvalue weighted by Gasteiger charge is -2.49. The fourth-order valence-electron chi connectivity index (χ4n) is 7.97. The fraction of sp³-hybridized carbons (Fsp3) is 0.581. The Balaban J connectivity index is 1.25. The number of fused-ring (bicyclic) bond motifs is 5. The van der Waals surface area contributed by atoms with Gasteiger partial charge in [-0.25, -0.2) is 0 Å². The first kappa shape index (κ1) is 26.7. The third-order valence-electron chi connectivity index (χ3n) is 10.1. The van der Waals surface area contributed by atoms with E-state index in [0.29, 0.717) is 25.9 Å². The van der Waals surface area contributed by atoms with Crippen LogP contribution in [0.25, 0.3) is 16.5 Å². The number of nitrogens with zero attached hydrogens (tertiary/aromatic N) is 3. The van der Waals surface area contributed by atoms with E-state index in [0.717, 1.165) is 23.1 Å². The second-order valence-electron chi connectivity index (χ2n) is 13.1. The number of H-pyrrole nitrogens is 1. The van der Waals surface area contributed by atoms with Gasteiger partial charge >= 0.3 is 0 Å². The Hall–Kier alpha value is -3.21. The standard InChI is InChI=1S/C31H39N5O5/c1-16(2)26-28(38)35-11-7-10-24(35)31(40)36(26)29(39)30(41-31,17(3)4)33-27(37)19-12-21-20-8-6-9-22-25(20)18(14-32-22)13-23(21)34(5)15-19/h6,8-9,12,14,16-17,19,23-24,26,32,40H,7,10-11,13,15H2,1-5H3,(H,33,37)/t19?,23-,24+,26+,30-,31+/m1/s1. The van der Waals surface area contributed by atoms with Gasteiger partial charge in [0.15, 0.2) is 0 Å². The van der Waals surface area contributed by atoms with E-state index >= 15 is 0 Å². The zero-order chi connectivity index (χ0) is 29.0. The van der Waals surface area contributed by atoms with E-state index in [1.54, 1.807) is 18.7 Å². The normalized spacial score (nSPS) is 34.8. The van der Waals surface area contributed by atoms with Crippen LogP contribution in [-0.4, -0.2) is 92.4 Å². The van der Waals surface area contributed by atoms with Crippen LogP contribution in [0.1, 0.15) is 51.7 Å². The Kier molecular flexibility index (Phi) is 5.79. The predicted octanol–water partition coefficient (Wildman–Crippen LogP) is 2.04. The molecule has 3 fully saturated rings. The van der Waals surface area contributed by atoms with Crippen LogP contribution in [0.15, 0.2) is 30.5 Å². The van der Waals surface area contributed by atoms with Crippen molar-refractivity contribution in [3.05, 3.63) is 41.6 Å². The van der Waals surface area contributed by atoms with Crippen molar-refractivity contribution in [2.45, 2.75) is 76.7 Å². The highest BCUT2D eigenvalue weighted by molar-refractivity contribution is 6.01. The summed E-state index contributed by atoms with van der Waals surface area (Å²) in [7, 11) is 2.03. The molecule has 0 saturated carbocycles. The van der Waals surface area contributed by atoms with Gasteiger partial charge < -0.3 is 20.3 Å². The molecule has 3 amide bonds. The fourth-order valence-corrected chi connectivity index (χ4v) is 7.97. The number of carbonyl (C=O) groups is 3. The number of nitrogens with one attached hydrogen (secondary N) is 2. The zero-order valence-electron chi connectivity index (χ0n) is 24.3. The number of aromatic amines is 1. The molecule has 1 aromatic heterocycles. The maximum Gasteiger partial charge on any atom is 0.281 e. The monoisotopic (exact) mass is 561 g/mol. The van der Waals surface area contributed by atoms with Crippen LogP contribution in [0.5, 0.6) is 0 Å². The van der Waals surface area contributed by atoms with Gasteiger partial charge in [0.1, 0.15) is 12.1 Å². The largest absolute Gasteiger partial charge is 0.361 e. The zero-order valence-corrected chi connectivity index (χ0v) is 24.3. The number of amides is 3. The molecule has 2 aromatic rings. The smallest absolute Gasteiger partial charge is 0.281 e. The Morgan fingerprint density at radius 2 is 2.00 bits per heavy atom. The molecule has 0 radical (unpaired) electrons. The summed E-state index contributed by atoms with van der Waals surface area (Å²) < 4.78 is 6.40. The number of carbonyl (C=O) groups excluding carboxylic acids is 3. The molecular formula is C31H39N5O5. The van der Waals surface area contributed by atoms with Crippen molar-refractivity contribution in [3.8, 4) is 0 Å².